The molecule has 22 heavy (non-hydrogen) atoms. The molecule has 1 aliphatic heterocycles. The molecule has 1 saturated heterocycles. The van der Waals surface area contributed by atoms with Gasteiger partial charge in [-0.2, -0.15) is 0 Å². The molecule has 0 aliphatic carbocycles. The van der Waals surface area contributed by atoms with Crippen molar-refractivity contribution < 1.29 is 14.3 Å². The molecule has 2 rings (SSSR count). The summed E-state index contributed by atoms with van der Waals surface area (Å²) in [5.41, 5.74) is 0. The van der Waals surface area contributed by atoms with Crippen molar-refractivity contribution in [3.63, 3.8) is 0 Å². The Hall–Kier alpha value is -1.75. The zero-order valence-electron chi connectivity index (χ0n) is 13.6. The number of carbonyl (C=O) groups excluding carboxylic acids is 1. The first-order valence-corrected chi connectivity index (χ1v) is 7.90. The molecule has 0 saturated carbocycles. The minimum Gasteiger partial charge on any atom is -0.497 e. The van der Waals surface area contributed by atoms with Gasteiger partial charge in [-0.3, -0.25) is 4.79 Å². The lowest BCUT2D eigenvalue weighted by molar-refractivity contribution is -0.126. The van der Waals surface area contributed by atoms with Gasteiger partial charge in [0.15, 0.2) is 0 Å². The van der Waals surface area contributed by atoms with E-state index in [1.165, 1.54) is 0 Å². The maximum absolute atomic E-state index is 12.2. The summed E-state index contributed by atoms with van der Waals surface area (Å²) >= 11 is 0. The van der Waals surface area contributed by atoms with E-state index >= 15 is 0 Å². The number of hydrogen-bond acceptors (Lipinski definition) is 4. The highest BCUT2D eigenvalue weighted by molar-refractivity contribution is 5.78. The van der Waals surface area contributed by atoms with Gasteiger partial charge in [-0.05, 0) is 57.5 Å². The Kier molecular flexibility index (Phi) is 6.07. The van der Waals surface area contributed by atoms with Gasteiger partial charge in [-0.25, -0.2) is 0 Å². The second kappa shape index (κ2) is 8.03. The fourth-order valence-corrected chi connectivity index (χ4v) is 2.69. The highest BCUT2D eigenvalue weighted by atomic mass is 16.5. The average molecular weight is 306 g/mol. The van der Waals surface area contributed by atoms with Gasteiger partial charge < -0.3 is 20.1 Å². The summed E-state index contributed by atoms with van der Waals surface area (Å²) in [7, 11) is 1.63. The zero-order valence-corrected chi connectivity index (χ0v) is 13.6. The van der Waals surface area contributed by atoms with Crippen LogP contribution in [0.4, 0.5) is 0 Å². The third-order valence-corrected chi connectivity index (χ3v) is 3.95. The average Bonchev–Trinajstić information content (AvgIpc) is 2.53. The maximum atomic E-state index is 12.2. The van der Waals surface area contributed by atoms with Crippen LogP contribution in [0.1, 0.15) is 26.7 Å². The second-order valence-corrected chi connectivity index (χ2v) is 5.93. The van der Waals surface area contributed by atoms with Crippen LogP contribution < -0.4 is 20.1 Å². The smallest absolute Gasteiger partial charge is 0.223 e. The molecule has 0 aromatic heterocycles. The molecule has 0 radical (unpaired) electrons. The van der Waals surface area contributed by atoms with Crippen molar-refractivity contribution in [2.24, 2.45) is 5.92 Å². The van der Waals surface area contributed by atoms with Crippen molar-refractivity contribution in [1.82, 2.24) is 10.6 Å². The van der Waals surface area contributed by atoms with E-state index in [0.717, 1.165) is 30.9 Å². The van der Waals surface area contributed by atoms with E-state index in [1.54, 1.807) is 7.11 Å². The lowest BCUT2D eigenvalue weighted by Crippen LogP contribution is -2.44. The molecule has 1 fully saturated rings. The van der Waals surface area contributed by atoms with Crippen molar-refractivity contribution in [2.45, 2.75) is 38.8 Å². The van der Waals surface area contributed by atoms with Crippen molar-refractivity contribution >= 4 is 5.91 Å². The van der Waals surface area contributed by atoms with Crippen molar-refractivity contribution in [3.05, 3.63) is 24.3 Å². The molecule has 1 heterocycles. The monoisotopic (exact) mass is 306 g/mol. The molecular weight excluding hydrogens is 280 g/mol. The van der Waals surface area contributed by atoms with Crippen LogP contribution >= 0.6 is 0 Å². The molecule has 5 nitrogen and oxygen atoms in total. The third-order valence-electron chi connectivity index (χ3n) is 3.95. The van der Waals surface area contributed by atoms with Gasteiger partial charge in [0.1, 0.15) is 17.6 Å². The van der Waals surface area contributed by atoms with Crippen LogP contribution in [0.25, 0.3) is 0 Å². The van der Waals surface area contributed by atoms with Gasteiger partial charge in [0.05, 0.1) is 13.7 Å². The molecule has 122 valence electrons. The Labute approximate surface area is 132 Å². The predicted octanol–water partition coefficient (Wildman–Crippen LogP) is 1.97. The Morgan fingerprint density at radius 3 is 2.68 bits per heavy atom. The Bertz CT molecular complexity index is 475. The molecule has 1 aromatic rings. The lowest BCUT2D eigenvalue weighted by atomic mass is 9.92. The highest BCUT2D eigenvalue weighted by Gasteiger charge is 2.24. The first kappa shape index (κ1) is 16.6. The number of nitrogens with one attached hydrogen (secondary N) is 2. The zero-order chi connectivity index (χ0) is 15.9. The summed E-state index contributed by atoms with van der Waals surface area (Å²) in [5, 5.41) is 6.36. The van der Waals surface area contributed by atoms with Crippen LogP contribution in [-0.4, -0.2) is 38.3 Å². The Morgan fingerprint density at radius 2 is 2.05 bits per heavy atom. The number of piperidine rings is 1. The summed E-state index contributed by atoms with van der Waals surface area (Å²) in [5.74, 6) is 1.83. The van der Waals surface area contributed by atoms with E-state index in [0.29, 0.717) is 12.6 Å². The van der Waals surface area contributed by atoms with Crippen LogP contribution in [0.5, 0.6) is 11.5 Å². The molecule has 0 spiro atoms. The normalized spacial score (nSPS) is 22.7. The molecule has 1 amide bonds. The minimum absolute atomic E-state index is 0.0727. The summed E-state index contributed by atoms with van der Waals surface area (Å²) in [6.45, 7) is 5.50. The van der Waals surface area contributed by atoms with Crippen LogP contribution in [0.2, 0.25) is 0 Å². The highest BCUT2D eigenvalue weighted by Crippen LogP contribution is 2.18. The Morgan fingerprint density at radius 1 is 1.36 bits per heavy atom. The SMILES string of the molecule is COc1ccc(OC(C)CNC(=O)[C@H]2CCN[C@@H](C)C2)cc1. The number of carbonyl (C=O) groups is 1. The van der Waals surface area contributed by atoms with E-state index in [2.05, 4.69) is 17.6 Å². The summed E-state index contributed by atoms with van der Waals surface area (Å²) < 4.78 is 10.9. The largest absolute Gasteiger partial charge is 0.497 e. The molecule has 5 heteroatoms. The molecule has 3 atom stereocenters. The fraction of sp³-hybridized carbons (Fsp3) is 0.588. The van der Waals surface area contributed by atoms with E-state index < -0.39 is 0 Å². The summed E-state index contributed by atoms with van der Waals surface area (Å²) in [6, 6.07) is 7.86. The third kappa shape index (κ3) is 4.91. The first-order valence-electron chi connectivity index (χ1n) is 7.90. The molecular formula is C17H26N2O3. The van der Waals surface area contributed by atoms with E-state index in [1.807, 2.05) is 31.2 Å². The molecule has 1 aliphatic rings. The quantitative estimate of drug-likeness (QED) is 0.843. The minimum atomic E-state index is -0.0727. The summed E-state index contributed by atoms with van der Waals surface area (Å²) in [4.78, 5) is 12.2. The van der Waals surface area contributed by atoms with Gasteiger partial charge in [0.25, 0.3) is 0 Å². The van der Waals surface area contributed by atoms with E-state index in [-0.39, 0.29) is 17.9 Å². The number of hydrogen-bond donors (Lipinski definition) is 2. The van der Waals surface area contributed by atoms with Crippen LogP contribution in [0, 0.1) is 5.92 Å². The standard InChI is InChI=1S/C17H26N2O3/c1-12-10-14(8-9-18-12)17(20)19-11-13(2)22-16-6-4-15(21-3)5-7-16/h4-7,12-14,18H,8-11H2,1-3H3,(H,19,20)/t12-,13?,14-/m0/s1. The number of ether oxygens (including phenoxy) is 2. The summed E-state index contributed by atoms with van der Waals surface area (Å²) in [6.07, 6.45) is 1.74. The van der Waals surface area contributed by atoms with Gasteiger partial charge in [0.2, 0.25) is 5.91 Å². The number of methoxy groups -OCH3 is 1. The fourth-order valence-electron chi connectivity index (χ4n) is 2.69. The van der Waals surface area contributed by atoms with Gasteiger partial charge in [-0.15, -0.1) is 0 Å². The van der Waals surface area contributed by atoms with Crippen molar-refractivity contribution in [2.75, 3.05) is 20.2 Å². The second-order valence-electron chi connectivity index (χ2n) is 5.93. The van der Waals surface area contributed by atoms with Crippen LogP contribution in [0.15, 0.2) is 24.3 Å². The molecule has 0 bridgehead atoms. The molecule has 1 unspecified atom stereocenters. The van der Waals surface area contributed by atoms with Gasteiger partial charge in [-0.1, -0.05) is 0 Å². The van der Waals surface area contributed by atoms with E-state index in [9.17, 15) is 4.79 Å². The van der Waals surface area contributed by atoms with Crippen molar-refractivity contribution in [1.29, 1.82) is 0 Å². The maximum Gasteiger partial charge on any atom is 0.223 e. The molecule has 1 aromatic carbocycles. The predicted molar refractivity (Wildman–Crippen MR) is 86.3 cm³/mol. The lowest BCUT2D eigenvalue weighted by Gasteiger charge is -2.27. The van der Waals surface area contributed by atoms with Gasteiger partial charge >= 0.3 is 0 Å². The van der Waals surface area contributed by atoms with Gasteiger partial charge in [0, 0.05) is 12.0 Å². The topological polar surface area (TPSA) is 59.6 Å². The first-order chi connectivity index (χ1) is 10.6. The number of rotatable bonds is 6. The number of benzene rings is 1. The number of amides is 1. The van der Waals surface area contributed by atoms with Crippen LogP contribution in [-0.2, 0) is 4.79 Å². The van der Waals surface area contributed by atoms with Crippen LogP contribution in [0.3, 0.4) is 0 Å². The van der Waals surface area contributed by atoms with E-state index in [4.69, 9.17) is 9.47 Å². The van der Waals surface area contributed by atoms with Crippen molar-refractivity contribution in [3.8, 4) is 11.5 Å². The molecule has 2 N–H and O–H groups in total. The Balaban J connectivity index is 1.74.